The topological polar surface area (TPSA) is 88.2 Å². The lowest BCUT2D eigenvalue weighted by Gasteiger charge is -2.09. The van der Waals surface area contributed by atoms with Crippen molar-refractivity contribution < 1.29 is 13.2 Å². The molecule has 1 heterocycles. The number of nitrogens with zero attached hydrogens (tertiary/aromatic N) is 1. The average Bonchev–Trinajstić information content (AvgIpc) is 3.23. The van der Waals surface area contributed by atoms with Gasteiger partial charge in [0.05, 0.1) is 10.6 Å². The first-order chi connectivity index (χ1) is 15.3. The predicted octanol–water partition coefficient (Wildman–Crippen LogP) is 5.83. The zero-order valence-corrected chi connectivity index (χ0v) is 19.3. The van der Waals surface area contributed by atoms with Crippen molar-refractivity contribution in [1.29, 1.82) is 0 Å². The molecule has 0 fully saturated rings. The molecule has 162 valence electrons. The van der Waals surface area contributed by atoms with Crippen LogP contribution in [0.2, 0.25) is 5.02 Å². The summed E-state index contributed by atoms with van der Waals surface area (Å²) in [6.07, 6.45) is 0. The molecule has 2 N–H and O–H groups in total. The molecular weight excluding hydrogens is 466 g/mol. The van der Waals surface area contributed by atoms with Crippen LogP contribution in [-0.4, -0.2) is 19.3 Å². The molecule has 3 aromatic carbocycles. The second kappa shape index (κ2) is 9.12. The smallest absolute Gasteiger partial charge is 0.261 e. The summed E-state index contributed by atoms with van der Waals surface area (Å²) in [5.41, 5.74) is 3.65. The monoisotopic (exact) mass is 483 g/mol. The highest BCUT2D eigenvalue weighted by Crippen LogP contribution is 2.26. The van der Waals surface area contributed by atoms with Crippen LogP contribution in [-0.2, 0) is 10.0 Å². The maximum atomic E-state index is 12.6. The number of hydrogen-bond donors (Lipinski definition) is 2. The highest BCUT2D eigenvalue weighted by molar-refractivity contribution is 7.92. The number of sulfonamides is 1. The number of rotatable bonds is 6. The van der Waals surface area contributed by atoms with Crippen LogP contribution < -0.4 is 10.0 Å². The second-order valence-electron chi connectivity index (χ2n) is 6.99. The summed E-state index contributed by atoms with van der Waals surface area (Å²) in [4.78, 5) is 17.1. The van der Waals surface area contributed by atoms with Crippen molar-refractivity contribution in [2.45, 2.75) is 11.8 Å². The van der Waals surface area contributed by atoms with E-state index in [4.69, 9.17) is 11.6 Å². The van der Waals surface area contributed by atoms with Gasteiger partial charge in [-0.3, -0.25) is 14.8 Å². The lowest BCUT2D eigenvalue weighted by Crippen LogP contribution is -2.14. The highest BCUT2D eigenvalue weighted by atomic mass is 35.5. The Balaban J connectivity index is 1.42. The van der Waals surface area contributed by atoms with Crippen LogP contribution >= 0.6 is 22.9 Å². The summed E-state index contributed by atoms with van der Waals surface area (Å²) < 4.78 is 27.4. The van der Waals surface area contributed by atoms with Crippen molar-refractivity contribution in [1.82, 2.24) is 4.98 Å². The zero-order chi connectivity index (χ0) is 22.7. The molecule has 1 amide bonds. The zero-order valence-electron chi connectivity index (χ0n) is 16.9. The first-order valence-electron chi connectivity index (χ1n) is 9.52. The van der Waals surface area contributed by atoms with Crippen LogP contribution in [0.25, 0.3) is 11.3 Å². The van der Waals surface area contributed by atoms with E-state index in [0.29, 0.717) is 21.4 Å². The van der Waals surface area contributed by atoms with E-state index in [9.17, 15) is 13.2 Å². The number of anilines is 2. The van der Waals surface area contributed by atoms with Crippen molar-refractivity contribution in [3.63, 3.8) is 0 Å². The lowest BCUT2D eigenvalue weighted by molar-refractivity contribution is 0.102. The number of halogens is 1. The van der Waals surface area contributed by atoms with Gasteiger partial charge in [0, 0.05) is 27.2 Å². The van der Waals surface area contributed by atoms with E-state index < -0.39 is 10.0 Å². The Labute approximate surface area is 195 Å². The van der Waals surface area contributed by atoms with E-state index in [-0.39, 0.29) is 10.8 Å². The van der Waals surface area contributed by atoms with Gasteiger partial charge in [0.25, 0.3) is 15.9 Å². The van der Waals surface area contributed by atoms with Crippen LogP contribution in [0.3, 0.4) is 0 Å². The minimum atomic E-state index is -3.76. The third-order valence-corrected chi connectivity index (χ3v) is 7.00. The number of carbonyl (C=O) groups excluding carboxylic acids is 1. The molecule has 0 saturated heterocycles. The molecule has 0 atom stereocenters. The van der Waals surface area contributed by atoms with E-state index in [1.54, 1.807) is 12.1 Å². The molecule has 0 aliphatic rings. The molecule has 0 spiro atoms. The molecule has 1 aromatic heterocycles. The van der Waals surface area contributed by atoms with Crippen LogP contribution in [0.5, 0.6) is 0 Å². The van der Waals surface area contributed by atoms with Crippen LogP contribution in [0.1, 0.15) is 15.9 Å². The standard InChI is InChI=1S/C23H18ClN3O3S2/c1-15-2-4-16(5-3-15)21-14-31-23(25-21)26-22(28)17-6-10-19(11-7-17)27-32(29,30)20-12-8-18(24)9-13-20/h2-14,27H,1H3,(H,25,26,28). The molecule has 0 saturated carbocycles. The van der Waals surface area contributed by atoms with Gasteiger partial charge in [0.2, 0.25) is 0 Å². The third kappa shape index (κ3) is 5.16. The number of benzene rings is 3. The van der Waals surface area contributed by atoms with Gasteiger partial charge in [-0.05, 0) is 55.5 Å². The Morgan fingerprint density at radius 3 is 2.25 bits per heavy atom. The van der Waals surface area contributed by atoms with Gasteiger partial charge in [-0.1, -0.05) is 41.4 Å². The Morgan fingerprint density at radius 1 is 0.938 bits per heavy atom. The van der Waals surface area contributed by atoms with E-state index >= 15 is 0 Å². The van der Waals surface area contributed by atoms with Gasteiger partial charge in [-0.25, -0.2) is 13.4 Å². The fourth-order valence-corrected chi connectivity index (χ4v) is 4.77. The minimum Gasteiger partial charge on any atom is -0.298 e. The minimum absolute atomic E-state index is 0.0943. The number of carbonyl (C=O) groups is 1. The number of aryl methyl sites for hydroxylation is 1. The van der Waals surface area contributed by atoms with Crippen LogP contribution in [0, 0.1) is 6.92 Å². The maximum absolute atomic E-state index is 12.6. The second-order valence-corrected chi connectivity index (χ2v) is 9.97. The van der Waals surface area contributed by atoms with Crippen molar-refractivity contribution in [3.05, 3.63) is 94.3 Å². The number of thiazole rings is 1. The largest absolute Gasteiger partial charge is 0.298 e. The summed E-state index contributed by atoms with van der Waals surface area (Å²) >= 11 is 7.15. The summed E-state index contributed by atoms with van der Waals surface area (Å²) in [5, 5.41) is 5.59. The molecule has 32 heavy (non-hydrogen) atoms. The quantitative estimate of drug-likeness (QED) is 0.361. The predicted molar refractivity (Wildman–Crippen MR) is 129 cm³/mol. The molecule has 6 nitrogen and oxygen atoms in total. The molecule has 4 aromatic rings. The number of hydrogen-bond acceptors (Lipinski definition) is 5. The van der Waals surface area contributed by atoms with Crippen LogP contribution in [0.15, 0.2) is 83.1 Å². The SMILES string of the molecule is Cc1ccc(-c2csc(NC(=O)c3ccc(NS(=O)(=O)c4ccc(Cl)cc4)cc3)n2)cc1. The first-order valence-corrected chi connectivity index (χ1v) is 12.3. The van der Waals surface area contributed by atoms with Crippen molar-refractivity contribution in [2.75, 3.05) is 10.0 Å². The fourth-order valence-electron chi connectivity index (χ4n) is 2.87. The molecule has 0 aliphatic carbocycles. The molecule has 0 bridgehead atoms. The Bertz CT molecular complexity index is 1350. The molecule has 4 rings (SSSR count). The summed E-state index contributed by atoms with van der Waals surface area (Å²) in [6, 6.07) is 20.0. The van der Waals surface area contributed by atoms with Gasteiger partial charge in [0.1, 0.15) is 0 Å². The maximum Gasteiger partial charge on any atom is 0.261 e. The van der Waals surface area contributed by atoms with E-state index in [1.807, 2.05) is 36.6 Å². The van der Waals surface area contributed by atoms with E-state index in [2.05, 4.69) is 15.0 Å². The van der Waals surface area contributed by atoms with E-state index in [1.165, 1.54) is 47.7 Å². The molecule has 9 heteroatoms. The Kier molecular flexibility index (Phi) is 6.27. The van der Waals surface area contributed by atoms with E-state index in [0.717, 1.165) is 16.8 Å². The van der Waals surface area contributed by atoms with Gasteiger partial charge in [0.15, 0.2) is 5.13 Å². The summed E-state index contributed by atoms with van der Waals surface area (Å²) in [7, 11) is -3.76. The summed E-state index contributed by atoms with van der Waals surface area (Å²) in [6.45, 7) is 2.02. The number of aromatic nitrogens is 1. The summed E-state index contributed by atoms with van der Waals surface area (Å²) in [5.74, 6) is -0.332. The number of nitrogens with one attached hydrogen (secondary N) is 2. The highest BCUT2D eigenvalue weighted by Gasteiger charge is 2.15. The molecule has 0 unspecified atom stereocenters. The molecular formula is C23H18ClN3O3S2. The Morgan fingerprint density at radius 2 is 1.59 bits per heavy atom. The molecule has 0 radical (unpaired) electrons. The van der Waals surface area contributed by atoms with Crippen LogP contribution in [0.4, 0.5) is 10.8 Å². The average molecular weight is 484 g/mol. The van der Waals surface area contributed by atoms with Crippen molar-refractivity contribution in [3.8, 4) is 11.3 Å². The van der Waals surface area contributed by atoms with Gasteiger partial charge < -0.3 is 0 Å². The first kappa shape index (κ1) is 22.0. The third-order valence-electron chi connectivity index (χ3n) is 4.60. The molecule has 0 aliphatic heterocycles. The number of amides is 1. The Hall–Kier alpha value is -3.20. The van der Waals surface area contributed by atoms with Crippen molar-refractivity contribution >= 4 is 49.7 Å². The van der Waals surface area contributed by atoms with Gasteiger partial charge in [-0.2, -0.15) is 0 Å². The normalized spacial score (nSPS) is 11.2. The fraction of sp³-hybridized carbons (Fsp3) is 0.0435. The van der Waals surface area contributed by atoms with Crippen molar-refractivity contribution in [2.24, 2.45) is 0 Å². The van der Waals surface area contributed by atoms with Gasteiger partial charge >= 0.3 is 0 Å². The van der Waals surface area contributed by atoms with Gasteiger partial charge in [-0.15, -0.1) is 11.3 Å². The lowest BCUT2D eigenvalue weighted by atomic mass is 10.1.